The summed E-state index contributed by atoms with van der Waals surface area (Å²) in [7, 11) is 0. The molecule has 1 aromatic rings. The van der Waals surface area contributed by atoms with E-state index in [9.17, 15) is 0 Å². The quantitative estimate of drug-likeness (QED) is 0.749. The SMILES string of the molecule is CC(C)CCCCNc1ncc(Cl)cc1N. The second-order valence-corrected chi connectivity index (χ2v) is 4.84. The number of aromatic nitrogens is 1. The smallest absolute Gasteiger partial charge is 0.149 e. The summed E-state index contributed by atoms with van der Waals surface area (Å²) in [6.45, 7) is 5.39. The van der Waals surface area contributed by atoms with Crippen molar-refractivity contribution in [3.63, 3.8) is 0 Å². The molecular formula is C12H20ClN3. The van der Waals surface area contributed by atoms with E-state index < -0.39 is 0 Å². The lowest BCUT2D eigenvalue weighted by molar-refractivity contribution is 0.544. The summed E-state index contributed by atoms with van der Waals surface area (Å²) in [5, 5.41) is 3.79. The van der Waals surface area contributed by atoms with Crippen molar-refractivity contribution in [2.24, 2.45) is 5.92 Å². The van der Waals surface area contributed by atoms with Gasteiger partial charge in [-0.15, -0.1) is 0 Å². The highest BCUT2D eigenvalue weighted by Gasteiger charge is 2.00. The maximum Gasteiger partial charge on any atom is 0.149 e. The molecule has 4 heteroatoms. The molecule has 0 atom stereocenters. The van der Waals surface area contributed by atoms with Gasteiger partial charge in [0.15, 0.2) is 0 Å². The van der Waals surface area contributed by atoms with Crippen LogP contribution in [0.25, 0.3) is 0 Å². The Balaban J connectivity index is 2.27. The number of unbranched alkanes of at least 4 members (excludes halogenated alkanes) is 1. The predicted octanol–water partition coefficient (Wildman–Crippen LogP) is 3.56. The lowest BCUT2D eigenvalue weighted by Gasteiger charge is -2.08. The third kappa shape index (κ3) is 4.71. The second kappa shape index (κ2) is 6.59. The molecule has 0 aromatic carbocycles. The zero-order valence-electron chi connectivity index (χ0n) is 9.96. The fraction of sp³-hybridized carbons (Fsp3) is 0.583. The van der Waals surface area contributed by atoms with Crippen molar-refractivity contribution >= 4 is 23.1 Å². The van der Waals surface area contributed by atoms with Crippen LogP contribution in [0.3, 0.4) is 0 Å². The Bertz CT molecular complexity index is 326. The first-order chi connectivity index (χ1) is 7.59. The molecule has 0 radical (unpaired) electrons. The summed E-state index contributed by atoms with van der Waals surface area (Å²) in [6.07, 6.45) is 5.25. The third-order valence-electron chi connectivity index (χ3n) is 2.38. The molecule has 0 unspecified atom stereocenters. The van der Waals surface area contributed by atoms with Gasteiger partial charge in [-0.1, -0.05) is 38.3 Å². The van der Waals surface area contributed by atoms with Gasteiger partial charge in [0.2, 0.25) is 0 Å². The first-order valence-corrected chi connectivity index (χ1v) is 6.12. The molecule has 3 nitrogen and oxygen atoms in total. The predicted molar refractivity (Wildman–Crippen MR) is 70.8 cm³/mol. The van der Waals surface area contributed by atoms with Gasteiger partial charge in [-0.25, -0.2) is 4.98 Å². The minimum absolute atomic E-state index is 0.572. The standard InChI is InChI=1S/C12H20ClN3/c1-9(2)5-3-4-6-15-12-11(14)7-10(13)8-16-12/h7-9H,3-6,14H2,1-2H3,(H,15,16). The molecule has 0 aliphatic heterocycles. The minimum atomic E-state index is 0.572. The van der Waals surface area contributed by atoms with Crippen molar-refractivity contribution < 1.29 is 0 Å². The summed E-state index contributed by atoms with van der Waals surface area (Å²) in [5.41, 5.74) is 6.38. The summed E-state index contributed by atoms with van der Waals surface area (Å²) >= 11 is 5.77. The van der Waals surface area contributed by atoms with Crippen molar-refractivity contribution in [1.82, 2.24) is 4.98 Å². The van der Waals surface area contributed by atoms with Crippen LogP contribution in [0, 0.1) is 5.92 Å². The second-order valence-electron chi connectivity index (χ2n) is 4.41. The molecular weight excluding hydrogens is 222 g/mol. The van der Waals surface area contributed by atoms with Crippen LogP contribution in [0.2, 0.25) is 5.02 Å². The number of nitrogens with two attached hydrogens (primary N) is 1. The first-order valence-electron chi connectivity index (χ1n) is 5.74. The van der Waals surface area contributed by atoms with E-state index in [0.717, 1.165) is 24.7 Å². The first kappa shape index (κ1) is 13.1. The molecule has 1 rings (SSSR count). The van der Waals surface area contributed by atoms with E-state index in [4.69, 9.17) is 17.3 Å². The molecule has 0 amide bonds. The molecule has 0 spiro atoms. The molecule has 1 heterocycles. The summed E-state index contributed by atoms with van der Waals surface area (Å²) in [6, 6.07) is 1.71. The van der Waals surface area contributed by atoms with Crippen LogP contribution >= 0.6 is 11.6 Å². The zero-order chi connectivity index (χ0) is 12.0. The number of rotatable bonds is 6. The van der Waals surface area contributed by atoms with E-state index in [1.165, 1.54) is 12.8 Å². The van der Waals surface area contributed by atoms with Gasteiger partial charge in [-0.3, -0.25) is 0 Å². The van der Waals surface area contributed by atoms with E-state index in [-0.39, 0.29) is 0 Å². The highest BCUT2D eigenvalue weighted by atomic mass is 35.5. The Morgan fingerprint density at radius 2 is 2.19 bits per heavy atom. The average Bonchev–Trinajstić information content (AvgIpc) is 2.20. The Hall–Kier alpha value is -0.960. The van der Waals surface area contributed by atoms with E-state index >= 15 is 0 Å². The van der Waals surface area contributed by atoms with Gasteiger partial charge in [-0.05, 0) is 18.4 Å². The van der Waals surface area contributed by atoms with Crippen molar-refractivity contribution in [2.75, 3.05) is 17.6 Å². The van der Waals surface area contributed by atoms with Gasteiger partial charge < -0.3 is 11.1 Å². The summed E-state index contributed by atoms with van der Waals surface area (Å²) in [5.74, 6) is 1.51. The largest absolute Gasteiger partial charge is 0.396 e. The van der Waals surface area contributed by atoms with Gasteiger partial charge in [0.05, 0.1) is 10.7 Å². The van der Waals surface area contributed by atoms with Crippen LogP contribution in [0.5, 0.6) is 0 Å². The molecule has 0 bridgehead atoms. The average molecular weight is 242 g/mol. The van der Waals surface area contributed by atoms with Gasteiger partial charge in [-0.2, -0.15) is 0 Å². The molecule has 3 N–H and O–H groups in total. The van der Waals surface area contributed by atoms with Gasteiger partial charge >= 0.3 is 0 Å². The van der Waals surface area contributed by atoms with Gasteiger partial charge in [0.1, 0.15) is 5.82 Å². The lowest BCUT2D eigenvalue weighted by Crippen LogP contribution is -2.06. The van der Waals surface area contributed by atoms with Crippen LogP contribution in [-0.4, -0.2) is 11.5 Å². The normalized spacial score (nSPS) is 10.8. The van der Waals surface area contributed by atoms with Gasteiger partial charge in [0.25, 0.3) is 0 Å². The number of nitrogens with zero attached hydrogens (tertiary/aromatic N) is 1. The van der Waals surface area contributed by atoms with E-state index in [1.54, 1.807) is 12.3 Å². The Morgan fingerprint density at radius 1 is 1.44 bits per heavy atom. The van der Waals surface area contributed by atoms with Crippen LogP contribution in [-0.2, 0) is 0 Å². The molecule has 0 saturated heterocycles. The number of halogens is 1. The van der Waals surface area contributed by atoms with Crippen molar-refractivity contribution in [3.05, 3.63) is 17.3 Å². The van der Waals surface area contributed by atoms with Crippen LogP contribution in [0.4, 0.5) is 11.5 Å². The van der Waals surface area contributed by atoms with Crippen LogP contribution in [0.15, 0.2) is 12.3 Å². The fourth-order valence-electron chi connectivity index (χ4n) is 1.49. The molecule has 0 aliphatic rings. The Morgan fingerprint density at radius 3 is 2.81 bits per heavy atom. The number of hydrogen-bond donors (Lipinski definition) is 2. The van der Waals surface area contributed by atoms with Crippen LogP contribution < -0.4 is 11.1 Å². The number of pyridine rings is 1. The zero-order valence-corrected chi connectivity index (χ0v) is 10.7. The number of nitrogen functional groups attached to an aromatic ring is 1. The monoisotopic (exact) mass is 241 g/mol. The molecule has 0 aliphatic carbocycles. The Kier molecular flexibility index (Phi) is 5.39. The number of nitrogens with one attached hydrogen (secondary N) is 1. The van der Waals surface area contributed by atoms with Crippen LogP contribution in [0.1, 0.15) is 33.1 Å². The molecule has 1 aromatic heterocycles. The third-order valence-corrected chi connectivity index (χ3v) is 2.59. The van der Waals surface area contributed by atoms with Crippen molar-refractivity contribution in [3.8, 4) is 0 Å². The van der Waals surface area contributed by atoms with E-state index in [2.05, 4.69) is 24.1 Å². The minimum Gasteiger partial charge on any atom is -0.396 e. The highest BCUT2D eigenvalue weighted by Crippen LogP contribution is 2.19. The summed E-state index contributed by atoms with van der Waals surface area (Å²) in [4.78, 5) is 4.14. The van der Waals surface area contributed by atoms with Crippen molar-refractivity contribution in [2.45, 2.75) is 33.1 Å². The molecule has 90 valence electrons. The number of hydrogen-bond acceptors (Lipinski definition) is 3. The van der Waals surface area contributed by atoms with E-state index in [1.807, 2.05) is 0 Å². The molecule has 0 fully saturated rings. The highest BCUT2D eigenvalue weighted by molar-refractivity contribution is 6.30. The van der Waals surface area contributed by atoms with E-state index in [0.29, 0.717) is 10.7 Å². The summed E-state index contributed by atoms with van der Waals surface area (Å²) < 4.78 is 0. The Labute approximate surface area is 102 Å². The van der Waals surface area contributed by atoms with Gasteiger partial charge in [0, 0.05) is 12.7 Å². The molecule has 16 heavy (non-hydrogen) atoms. The lowest BCUT2D eigenvalue weighted by atomic mass is 10.1. The topological polar surface area (TPSA) is 50.9 Å². The maximum atomic E-state index is 5.77. The molecule has 0 saturated carbocycles. The maximum absolute atomic E-state index is 5.77. The van der Waals surface area contributed by atoms with Crippen molar-refractivity contribution in [1.29, 1.82) is 0 Å². The fourth-order valence-corrected chi connectivity index (χ4v) is 1.65. The number of anilines is 2.